The summed E-state index contributed by atoms with van der Waals surface area (Å²) in [6.07, 6.45) is 4.98. The summed E-state index contributed by atoms with van der Waals surface area (Å²) < 4.78 is 27.3. The molecule has 4 aromatic rings. The number of fused-ring (bicyclic) bond motifs is 3. The van der Waals surface area contributed by atoms with Crippen LogP contribution in [-0.4, -0.2) is 49.0 Å². The topological polar surface area (TPSA) is 122 Å². The van der Waals surface area contributed by atoms with Gasteiger partial charge in [0.05, 0.1) is 25.3 Å². The number of carbonyl (C=O) groups excluding carboxylic acids is 1. The Morgan fingerprint density at radius 2 is 2.13 bits per heavy atom. The van der Waals surface area contributed by atoms with Crippen LogP contribution in [0.2, 0.25) is 0 Å². The largest absolute Gasteiger partial charge is 0.494 e. The van der Waals surface area contributed by atoms with E-state index in [2.05, 4.69) is 20.2 Å². The first-order valence-electron chi connectivity index (χ1n) is 9.83. The summed E-state index contributed by atoms with van der Waals surface area (Å²) in [5.74, 6) is 0.218. The van der Waals surface area contributed by atoms with Gasteiger partial charge in [0.1, 0.15) is 17.1 Å². The molecule has 0 saturated heterocycles. The molecule has 10 nitrogen and oxygen atoms in total. The minimum absolute atomic E-state index is 0.126. The molecule has 4 rings (SSSR count). The summed E-state index contributed by atoms with van der Waals surface area (Å²) in [5, 5.41) is 9.18. The lowest BCUT2D eigenvalue weighted by Crippen LogP contribution is -2.06. The van der Waals surface area contributed by atoms with E-state index in [0.717, 1.165) is 5.56 Å². The third-order valence-electron chi connectivity index (χ3n) is 4.72. The van der Waals surface area contributed by atoms with E-state index in [1.165, 1.54) is 23.8 Å². The second-order valence-electron chi connectivity index (χ2n) is 6.93. The summed E-state index contributed by atoms with van der Waals surface area (Å²) in [6.45, 7) is 2.76. The fourth-order valence-electron chi connectivity index (χ4n) is 3.36. The lowest BCUT2D eigenvalue weighted by molar-refractivity contribution is -0.143. The number of anilines is 1. The van der Waals surface area contributed by atoms with Crippen molar-refractivity contribution in [2.45, 2.75) is 32.7 Å². The molecule has 0 bridgehead atoms. The van der Waals surface area contributed by atoms with Crippen molar-refractivity contribution in [1.82, 2.24) is 29.4 Å². The highest BCUT2D eigenvalue weighted by Gasteiger charge is 2.16. The maximum atomic E-state index is 14.0. The van der Waals surface area contributed by atoms with Crippen molar-refractivity contribution >= 4 is 28.5 Å². The Hall–Kier alpha value is -3.76. The molecular weight excluding hydrogens is 405 g/mol. The van der Waals surface area contributed by atoms with Gasteiger partial charge in [-0.15, -0.1) is 5.10 Å². The highest BCUT2D eigenvalue weighted by atomic mass is 19.1. The number of benzene rings is 1. The molecule has 31 heavy (non-hydrogen) atoms. The van der Waals surface area contributed by atoms with Crippen molar-refractivity contribution in [3.63, 3.8) is 0 Å². The molecule has 0 radical (unpaired) electrons. The van der Waals surface area contributed by atoms with Crippen LogP contribution in [0, 0.1) is 5.82 Å². The number of ether oxygens (including phenoxy) is 2. The molecule has 0 saturated carbocycles. The zero-order valence-corrected chi connectivity index (χ0v) is 17.2. The number of hydrogen-bond donors (Lipinski definition) is 1. The molecule has 3 heterocycles. The fourth-order valence-corrected chi connectivity index (χ4v) is 3.36. The summed E-state index contributed by atoms with van der Waals surface area (Å²) in [5.41, 5.74) is 7.76. The quantitative estimate of drug-likeness (QED) is 0.424. The number of rotatable bonds is 8. The van der Waals surface area contributed by atoms with Crippen LogP contribution in [0.15, 0.2) is 24.5 Å². The standard InChI is InChI=1S/C20H22FN7O3/c1-3-31-17(29)5-4-6-27-11-12(10-23-27)7-16-24-19-14-8-13(21)9-15(30-2)18(14)25-20(22)28(19)26-16/h8-11H,3-7H2,1-2H3,(H2,22,25). The van der Waals surface area contributed by atoms with E-state index in [0.29, 0.717) is 54.8 Å². The van der Waals surface area contributed by atoms with Crippen LogP contribution in [0.25, 0.3) is 16.6 Å². The molecule has 0 amide bonds. The Kier molecular flexibility index (Phi) is 5.65. The molecule has 0 atom stereocenters. The van der Waals surface area contributed by atoms with Crippen LogP contribution in [-0.2, 0) is 22.5 Å². The molecule has 0 aliphatic carbocycles. The zero-order valence-electron chi connectivity index (χ0n) is 17.2. The Morgan fingerprint density at radius 1 is 1.29 bits per heavy atom. The highest BCUT2D eigenvalue weighted by molar-refractivity contribution is 5.95. The number of halogens is 1. The van der Waals surface area contributed by atoms with E-state index in [1.54, 1.807) is 17.8 Å². The van der Waals surface area contributed by atoms with Gasteiger partial charge in [0.25, 0.3) is 0 Å². The number of nitrogens with two attached hydrogens (primary N) is 1. The molecule has 162 valence electrons. The number of methoxy groups -OCH3 is 1. The molecule has 0 aliphatic heterocycles. The van der Waals surface area contributed by atoms with Gasteiger partial charge in [-0.1, -0.05) is 0 Å². The summed E-state index contributed by atoms with van der Waals surface area (Å²) in [7, 11) is 1.44. The Labute approximate surface area is 176 Å². The van der Waals surface area contributed by atoms with Crippen LogP contribution in [0.4, 0.5) is 10.3 Å². The number of esters is 1. The zero-order chi connectivity index (χ0) is 22.0. The lowest BCUT2D eigenvalue weighted by atomic mass is 10.2. The number of aromatic nitrogens is 6. The van der Waals surface area contributed by atoms with Gasteiger partial charge in [0, 0.05) is 31.6 Å². The molecule has 0 unspecified atom stereocenters. The highest BCUT2D eigenvalue weighted by Crippen LogP contribution is 2.29. The van der Waals surface area contributed by atoms with Crippen LogP contribution in [0.5, 0.6) is 5.75 Å². The maximum absolute atomic E-state index is 14.0. The molecule has 11 heteroatoms. The maximum Gasteiger partial charge on any atom is 0.305 e. The second kappa shape index (κ2) is 8.54. The smallest absolute Gasteiger partial charge is 0.305 e. The third-order valence-corrected chi connectivity index (χ3v) is 4.72. The van der Waals surface area contributed by atoms with Crippen molar-refractivity contribution in [1.29, 1.82) is 0 Å². The van der Waals surface area contributed by atoms with Crippen molar-refractivity contribution < 1.29 is 18.7 Å². The number of nitrogens with zero attached hydrogens (tertiary/aromatic N) is 6. The van der Waals surface area contributed by atoms with E-state index in [1.807, 2.05) is 6.20 Å². The number of carbonyl (C=O) groups is 1. The minimum Gasteiger partial charge on any atom is -0.494 e. The first kappa shape index (κ1) is 20.5. The van der Waals surface area contributed by atoms with Gasteiger partial charge < -0.3 is 15.2 Å². The van der Waals surface area contributed by atoms with Gasteiger partial charge in [-0.05, 0) is 25.0 Å². The van der Waals surface area contributed by atoms with Gasteiger partial charge in [-0.3, -0.25) is 9.48 Å². The minimum atomic E-state index is -0.466. The van der Waals surface area contributed by atoms with E-state index < -0.39 is 5.82 Å². The van der Waals surface area contributed by atoms with Crippen molar-refractivity contribution in [2.75, 3.05) is 19.5 Å². The van der Waals surface area contributed by atoms with Crippen LogP contribution in [0.1, 0.15) is 31.2 Å². The summed E-state index contributed by atoms with van der Waals surface area (Å²) in [4.78, 5) is 20.3. The Morgan fingerprint density at radius 3 is 2.90 bits per heavy atom. The van der Waals surface area contributed by atoms with E-state index >= 15 is 0 Å². The fraction of sp³-hybridized carbons (Fsp3) is 0.350. The SMILES string of the molecule is CCOC(=O)CCCn1cc(Cc2nc3c4cc(F)cc(OC)c4nc(N)n3n2)cn1. The van der Waals surface area contributed by atoms with E-state index in [9.17, 15) is 9.18 Å². The average Bonchev–Trinajstić information content (AvgIpc) is 3.36. The third kappa shape index (κ3) is 4.25. The predicted octanol–water partition coefficient (Wildman–Crippen LogP) is 2.14. The van der Waals surface area contributed by atoms with E-state index in [-0.39, 0.29) is 17.7 Å². The number of hydrogen-bond acceptors (Lipinski definition) is 8. The van der Waals surface area contributed by atoms with Gasteiger partial charge in [0.15, 0.2) is 11.5 Å². The second-order valence-corrected chi connectivity index (χ2v) is 6.93. The van der Waals surface area contributed by atoms with Gasteiger partial charge >= 0.3 is 5.97 Å². The summed E-state index contributed by atoms with van der Waals surface area (Å²) >= 11 is 0. The van der Waals surface area contributed by atoms with Crippen molar-refractivity contribution in [3.8, 4) is 5.75 Å². The molecule has 0 spiro atoms. The Balaban J connectivity index is 1.55. The monoisotopic (exact) mass is 427 g/mol. The molecule has 3 aromatic heterocycles. The van der Waals surface area contributed by atoms with Crippen LogP contribution < -0.4 is 10.5 Å². The molecule has 1 aromatic carbocycles. The average molecular weight is 427 g/mol. The Bertz CT molecular complexity index is 1250. The van der Waals surface area contributed by atoms with E-state index in [4.69, 9.17) is 15.2 Å². The van der Waals surface area contributed by atoms with Crippen molar-refractivity contribution in [3.05, 3.63) is 41.7 Å². The summed E-state index contributed by atoms with van der Waals surface area (Å²) in [6, 6.07) is 2.58. The molecular formula is C20H22FN7O3. The van der Waals surface area contributed by atoms with Gasteiger partial charge in [0.2, 0.25) is 5.95 Å². The number of aryl methyl sites for hydroxylation is 1. The van der Waals surface area contributed by atoms with Crippen LogP contribution in [0.3, 0.4) is 0 Å². The lowest BCUT2D eigenvalue weighted by Gasteiger charge is -2.07. The molecule has 0 fully saturated rings. The first-order chi connectivity index (χ1) is 15.0. The van der Waals surface area contributed by atoms with Crippen LogP contribution >= 0.6 is 0 Å². The van der Waals surface area contributed by atoms with Gasteiger partial charge in [-0.25, -0.2) is 14.4 Å². The molecule has 2 N–H and O–H groups in total. The predicted molar refractivity (Wildman–Crippen MR) is 110 cm³/mol. The van der Waals surface area contributed by atoms with Crippen molar-refractivity contribution in [2.24, 2.45) is 0 Å². The van der Waals surface area contributed by atoms with Gasteiger partial charge in [-0.2, -0.15) is 9.61 Å². The number of nitrogen functional groups attached to an aromatic ring is 1. The first-order valence-corrected chi connectivity index (χ1v) is 9.83. The molecule has 0 aliphatic rings. The normalized spacial score (nSPS) is 11.3.